The molecule has 0 spiro atoms. The molecule has 0 aromatic heterocycles. The summed E-state index contributed by atoms with van der Waals surface area (Å²) in [7, 11) is -1.73. The summed E-state index contributed by atoms with van der Waals surface area (Å²) < 4.78 is 38.8. The average Bonchev–Trinajstić information content (AvgIpc) is 2.60. The maximum absolute atomic E-state index is 12.3. The molecule has 7 nitrogen and oxygen atoms in total. The van der Waals surface area contributed by atoms with Crippen molar-refractivity contribution in [2.45, 2.75) is 5.75 Å². The van der Waals surface area contributed by atoms with Gasteiger partial charge in [0.05, 0.1) is 19.8 Å². The third kappa shape index (κ3) is 4.80. The van der Waals surface area contributed by atoms with Gasteiger partial charge in [0.2, 0.25) is 0 Å². The highest BCUT2D eigenvalue weighted by atomic mass is 32.2. The molecule has 0 radical (unpaired) electrons. The highest BCUT2D eigenvalue weighted by Gasteiger charge is 2.22. The number of benzene rings is 2. The number of ether oxygens (including phenoxy) is 2. The van der Waals surface area contributed by atoms with Crippen molar-refractivity contribution < 1.29 is 31.7 Å². The van der Waals surface area contributed by atoms with E-state index >= 15 is 0 Å². The second-order valence-electron chi connectivity index (χ2n) is 4.97. The van der Waals surface area contributed by atoms with E-state index in [0.717, 1.165) is 13.2 Å². The first kappa shape index (κ1) is 18.5. The molecule has 0 N–H and O–H groups in total. The van der Waals surface area contributed by atoms with Gasteiger partial charge in [0, 0.05) is 0 Å². The van der Waals surface area contributed by atoms with Crippen LogP contribution in [-0.4, -0.2) is 34.6 Å². The first-order valence-corrected chi connectivity index (χ1v) is 8.71. The molecule has 2 aromatic rings. The number of carbonyl (C=O) groups excluding carboxylic acids is 2. The van der Waals surface area contributed by atoms with Crippen LogP contribution in [0.4, 0.5) is 0 Å². The van der Waals surface area contributed by atoms with Crippen molar-refractivity contribution in [1.82, 2.24) is 0 Å². The van der Waals surface area contributed by atoms with Crippen LogP contribution in [0.2, 0.25) is 0 Å². The lowest BCUT2D eigenvalue weighted by Crippen LogP contribution is -2.15. The Balaban J connectivity index is 2.37. The van der Waals surface area contributed by atoms with Gasteiger partial charge in [-0.2, -0.15) is 8.42 Å². The zero-order valence-electron chi connectivity index (χ0n) is 13.6. The number of methoxy groups -OCH3 is 2. The van der Waals surface area contributed by atoms with Crippen molar-refractivity contribution in [1.29, 1.82) is 0 Å². The van der Waals surface area contributed by atoms with Gasteiger partial charge in [-0.1, -0.05) is 30.3 Å². The highest BCUT2D eigenvalue weighted by molar-refractivity contribution is 7.86. The van der Waals surface area contributed by atoms with E-state index < -0.39 is 27.8 Å². The molecule has 0 aliphatic carbocycles. The minimum Gasteiger partial charge on any atom is -0.465 e. The number of carbonyl (C=O) groups is 2. The van der Waals surface area contributed by atoms with Crippen molar-refractivity contribution in [3.8, 4) is 5.75 Å². The molecule has 8 heteroatoms. The van der Waals surface area contributed by atoms with Crippen molar-refractivity contribution in [3.63, 3.8) is 0 Å². The van der Waals surface area contributed by atoms with E-state index in [0.29, 0.717) is 5.56 Å². The van der Waals surface area contributed by atoms with E-state index in [1.54, 1.807) is 30.3 Å². The van der Waals surface area contributed by atoms with Gasteiger partial charge < -0.3 is 13.7 Å². The van der Waals surface area contributed by atoms with E-state index in [-0.39, 0.29) is 16.9 Å². The van der Waals surface area contributed by atoms with Gasteiger partial charge in [0.1, 0.15) is 11.3 Å². The second-order valence-corrected chi connectivity index (χ2v) is 6.54. The van der Waals surface area contributed by atoms with Gasteiger partial charge in [0.25, 0.3) is 0 Å². The fourth-order valence-electron chi connectivity index (χ4n) is 2.06. The maximum Gasteiger partial charge on any atom is 0.341 e. The van der Waals surface area contributed by atoms with Crippen molar-refractivity contribution in [2.24, 2.45) is 0 Å². The SMILES string of the molecule is COC(=O)c1ccc(C(=O)OC)c(OS(=O)(=O)Cc2ccccc2)c1. The van der Waals surface area contributed by atoms with Crippen LogP contribution < -0.4 is 4.18 Å². The molecule has 0 bridgehead atoms. The Bertz CT molecular complexity index is 873. The lowest BCUT2D eigenvalue weighted by Gasteiger charge is -2.11. The van der Waals surface area contributed by atoms with Crippen molar-refractivity contribution >= 4 is 22.1 Å². The minimum absolute atomic E-state index is 0.0417. The summed E-state index contributed by atoms with van der Waals surface area (Å²) in [5.74, 6) is -2.18. The van der Waals surface area contributed by atoms with E-state index in [1.807, 2.05) is 0 Å². The highest BCUT2D eigenvalue weighted by Crippen LogP contribution is 2.24. The molecule has 0 saturated carbocycles. The molecule has 2 aromatic carbocycles. The standard InChI is InChI=1S/C17H16O7S/c1-22-16(18)13-8-9-14(17(19)23-2)15(10-13)24-25(20,21)11-12-6-4-3-5-7-12/h3-10H,11H2,1-2H3. The normalized spacial score (nSPS) is 10.8. The Morgan fingerprint density at radius 1 is 0.920 bits per heavy atom. The third-order valence-corrected chi connectivity index (χ3v) is 4.33. The Hall–Kier alpha value is -2.87. The summed E-state index contributed by atoms with van der Waals surface area (Å²) in [5.41, 5.74) is 0.443. The zero-order valence-corrected chi connectivity index (χ0v) is 14.4. The molecule has 132 valence electrons. The van der Waals surface area contributed by atoms with Crippen LogP contribution in [0.5, 0.6) is 5.75 Å². The molecule has 2 rings (SSSR count). The Labute approximate surface area is 145 Å². The summed E-state index contributed by atoms with van der Waals surface area (Å²) >= 11 is 0. The van der Waals surface area contributed by atoms with Crippen LogP contribution in [0.15, 0.2) is 48.5 Å². The Morgan fingerprint density at radius 3 is 2.16 bits per heavy atom. The first-order valence-electron chi connectivity index (χ1n) is 7.13. The molecule has 0 heterocycles. The number of hydrogen-bond acceptors (Lipinski definition) is 7. The molecule has 0 fully saturated rings. The fraction of sp³-hybridized carbons (Fsp3) is 0.176. The van der Waals surface area contributed by atoms with Gasteiger partial charge in [-0.25, -0.2) is 9.59 Å². The molecule has 0 unspecified atom stereocenters. The predicted octanol–water partition coefficient (Wildman–Crippen LogP) is 2.17. The van der Waals surface area contributed by atoms with E-state index in [9.17, 15) is 18.0 Å². The van der Waals surface area contributed by atoms with Crippen molar-refractivity contribution in [2.75, 3.05) is 14.2 Å². The summed E-state index contributed by atoms with van der Waals surface area (Å²) in [6.07, 6.45) is 0. The van der Waals surface area contributed by atoms with Gasteiger partial charge in [0.15, 0.2) is 5.75 Å². The lowest BCUT2D eigenvalue weighted by molar-refractivity contribution is 0.0585. The molecule has 0 aliphatic heterocycles. The van der Waals surface area contributed by atoms with Crippen LogP contribution in [0.3, 0.4) is 0 Å². The van der Waals surface area contributed by atoms with E-state index in [2.05, 4.69) is 9.47 Å². The molecule has 25 heavy (non-hydrogen) atoms. The first-order chi connectivity index (χ1) is 11.9. The smallest absolute Gasteiger partial charge is 0.341 e. The van der Waals surface area contributed by atoms with Gasteiger partial charge >= 0.3 is 22.1 Å². The van der Waals surface area contributed by atoms with Crippen LogP contribution in [-0.2, 0) is 25.3 Å². The van der Waals surface area contributed by atoms with Crippen LogP contribution in [0.25, 0.3) is 0 Å². The maximum atomic E-state index is 12.3. The number of esters is 2. The Morgan fingerprint density at radius 2 is 1.56 bits per heavy atom. The van der Waals surface area contributed by atoms with Crippen LogP contribution >= 0.6 is 0 Å². The molecular weight excluding hydrogens is 348 g/mol. The van der Waals surface area contributed by atoms with E-state index in [1.165, 1.54) is 19.2 Å². The van der Waals surface area contributed by atoms with Gasteiger partial charge in [-0.05, 0) is 23.8 Å². The second kappa shape index (κ2) is 7.80. The quantitative estimate of drug-likeness (QED) is 0.572. The lowest BCUT2D eigenvalue weighted by atomic mass is 10.1. The molecular formula is C17H16O7S. The monoisotopic (exact) mass is 364 g/mol. The topological polar surface area (TPSA) is 96.0 Å². The van der Waals surface area contributed by atoms with Gasteiger partial charge in [-0.3, -0.25) is 0 Å². The largest absolute Gasteiger partial charge is 0.465 e. The minimum atomic E-state index is -4.06. The summed E-state index contributed by atoms with van der Waals surface area (Å²) in [5, 5.41) is 0. The molecule has 0 saturated heterocycles. The predicted molar refractivity (Wildman–Crippen MR) is 88.8 cm³/mol. The van der Waals surface area contributed by atoms with Crippen LogP contribution in [0.1, 0.15) is 26.3 Å². The summed E-state index contributed by atoms with van der Waals surface area (Å²) in [6.45, 7) is 0. The van der Waals surface area contributed by atoms with Crippen LogP contribution in [0, 0.1) is 0 Å². The fourth-order valence-corrected chi connectivity index (χ4v) is 3.13. The molecule has 0 aliphatic rings. The third-order valence-electron chi connectivity index (χ3n) is 3.21. The average molecular weight is 364 g/mol. The molecule has 0 amide bonds. The molecule has 0 atom stereocenters. The summed E-state index contributed by atoms with van der Waals surface area (Å²) in [4.78, 5) is 23.4. The zero-order chi connectivity index (χ0) is 18.4. The number of hydrogen-bond donors (Lipinski definition) is 0. The van der Waals surface area contributed by atoms with Gasteiger partial charge in [-0.15, -0.1) is 0 Å². The van der Waals surface area contributed by atoms with E-state index in [4.69, 9.17) is 4.18 Å². The number of rotatable bonds is 6. The summed E-state index contributed by atoms with van der Waals surface area (Å²) in [6, 6.07) is 12.1. The Kier molecular flexibility index (Phi) is 5.76. The van der Waals surface area contributed by atoms with Crippen molar-refractivity contribution in [3.05, 3.63) is 65.2 Å².